The molecule has 90 valence electrons. The average Bonchev–Trinajstić information content (AvgIpc) is 2.74. The molecule has 0 atom stereocenters. The molecule has 1 N–H and O–H groups in total. The van der Waals surface area contributed by atoms with Crippen LogP contribution in [0.5, 0.6) is 0 Å². The van der Waals surface area contributed by atoms with E-state index in [1.807, 2.05) is 0 Å². The van der Waals surface area contributed by atoms with Crippen molar-refractivity contribution in [1.29, 1.82) is 0 Å². The highest BCUT2D eigenvalue weighted by molar-refractivity contribution is 6.30. The molecular weight excluding hydrogens is 258 g/mol. The molecule has 2 nitrogen and oxygen atoms in total. The van der Waals surface area contributed by atoms with Crippen LogP contribution in [0, 0.1) is 11.6 Å². The van der Waals surface area contributed by atoms with Gasteiger partial charge in [0.1, 0.15) is 17.2 Å². The smallest absolute Gasteiger partial charge is 0.151 e. The van der Waals surface area contributed by atoms with Crippen molar-refractivity contribution in [2.75, 3.05) is 0 Å². The van der Waals surface area contributed by atoms with E-state index in [9.17, 15) is 8.78 Å². The van der Waals surface area contributed by atoms with Crippen LogP contribution in [0.4, 0.5) is 8.78 Å². The number of benzene rings is 2. The number of H-pyrrole nitrogens is 1. The van der Waals surface area contributed by atoms with Crippen LogP contribution >= 0.6 is 11.6 Å². The summed E-state index contributed by atoms with van der Waals surface area (Å²) in [4.78, 5) is 6.94. The van der Waals surface area contributed by atoms with Crippen LogP contribution in [-0.4, -0.2) is 9.97 Å². The molecule has 5 heteroatoms. The van der Waals surface area contributed by atoms with Gasteiger partial charge >= 0.3 is 0 Å². The number of nitrogens with one attached hydrogen (secondary N) is 1. The van der Waals surface area contributed by atoms with E-state index in [1.54, 1.807) is 18.2 Å². The van der Waals surface area contributed by atoms with Gasteiger partial charge in [0.15, 0.2) is 5.82 Å². The zero-order chi connectivity index (χ0) is 12.7. The molecule has 0 unspecified atom stereocenters. The standard InChI is InChI=1S/C13H7ClF2N2/c14-7-4-5-8(10(16)6-7)13-17-11-3-1-2-9(15)12(11)18-13/h1-6H,(H,17,18). The second kappa shape index (κ2) is 4.07. The summed E-state index contributed by atoms with van der Waals surface area (Å²) in [5.41, 5.74) is 0.983. The lowest BCUT2D eigenvalue weighted by Crippen LogP contribution is -1.86. The number of rotatable bonds is 1. The van der Waals surface area contributed by atoms with Crippen molar-refractivity contribution in [1.82, 2.24) is 9.97 Å². The largest absolute Gasteiger partial charge is 0.338 e. The maximum Gasteiger partial charge on any atom is 0.151 e. The number of para-hydroxylation sites is 1. The Bertz CT molecular complexity index is 737. The van der Waals surface area contributed by atoms with Crippen LogP contribution in [0.25, 0.3) is 22.4 Å². The van der Waals surface area contributed by atoms with Gasteiger partial charge < -0.3 is 4.98 Å². The van der Waals surface area contributed by atoms with Crippen molar-refractivity contribution in [3.8, 4) is 11.4 Å². The van der Waals surface area contributed by atoms with Gasteiger partial charge in [-0.1, -0.05) is 17.7 Å². The van der Waals surface area contributed by atoms with Gasteiger partial charge in [0.2, 0.25) is 0 Å². The maximum atomic E-state index is 13.7. The number of hydrogen-bond acceptors (Lipinski definition) is 1. The molecule has 3 aromatic rings. The number of fused-ring (bicyclic) bond motifs is 1. The van der Waals surface area contributed by atoms with E-state index >= 15 is 0 Å². The van der Waals surface area contributed by atoms with E-state index in [0.29, 0.717) is 10.5 Å². The van der Waals surface area contributed by atoms with Crippen LogP contribution in [0.15, 0.2) is 36.4 Å². The lowest BCUT2D eigenvalue weighted by Gasteiger charge is -1.99. The second-order valence-corrected chi connectivity index (χ2v) is 4.28. The van der Waals surface area contributed by atoms with Crippen LogP contribution in [0.1, 0.15) is 0 Å². The summed E-state index contributed by atoms with van der Waals surface area (Å²) in [6.07, 6.45) is 0. The number of nitrogens with zero attached hydrogens (tertiary/aromatic N) is 1. The fraction of sp³-hybridized carbons (Fsp3) is 0. The molecule has 0 bridgehead atoms. The van der Waals surface area contributed by atoms with E-state index in [0.717, 1.165) is 0 Å². The molecule has 0 radical (unpaired) electrons. The molecule has 3 rings (SSSR count). The normalized spacial score (nSPS) is 11.1. The molecule has 0 aliphatic rings. The lowest BCUT2D eigenvalue weighted by atomic mass is 10.2. The molecule has 1 heterocycles. The third-order valence-corrected chi connectivity index (χ3v) is 2.88. The molecule has 18 heavy (non-hydrogen) atoms. The van der Waals surface area contributed by atoms with Gasteiger partial charge in [0.05, 0.1) is 11.1 Å². The summed E-state index contributed by atoms with van der Waals surface area (Å²) in [6, 6.07) is 8.82. The Labute approximate surface area is 106 Å². The Hall–Kier alpha value is -1.94. The summed E-state index contributed by atoms with van der Waals surface area (Å²) < 4.78 is 27.2. The molecule has 0 spiro atoms. The first-order chi connectivity index (χ1) is 8.65. The quantitative estimate of drug-likeness (QED) is 0.702. The fourth-order valence-corrected chi connectivity index (χ4v) is 1.97. The number of imidazole rings is 1. The van der Waals surface area contributed by atoms with Crippen LogP contribution in [-0.2, 0) is 0 Å². The van der Waals surface area contributed by atoms with Gasteiger partial charge in [-0.15, -0.1) is 0 Å². The summed E-state index contributed by atoms with van der Waals surface area (Å²) in [5, 5.41) is 0.304. The van der Waals surface area contributed by atoms with Gasteiger partial charge in [0, 0.05) is 5.02 Å². The predicted molar refractivity (Wildman–Crippen MR) is 66.5 cm³/mol. The summed E-state index contributed by atoms with van der Waals surface area (Å²) in [6.45, 7) is 0. The second-order valence-electron chi connectivity index (χ2n) is 3.85. The lowest BCUT2D eigenvalue weighted by molar-refractivity contribution is 0.629. The molecular formula is C13H7ClF2N2. The summed E-state index contributed by atoms with van der Waals surface area (Å²) in [7, 11) is 0. The molecule has 0 saturated heterocycles. The monoisotopic (exact) mass is 264 g/mol. The van der Waals surface area contributed by atoms with Crippen molar-refractivity contribution in [2.24, 2.45) is 0 Å². The summed E-state index contributed by atoms with van der Waals surface area (Å²) >= 11 is 5.68. The minimum Gasteiger partial charge on any atom is -0.338 e. The van der Waals surface area contributed by atoms with Crippen molar-refractivity contribution in [3.05, 3.63) is 53.1 Å². The molecule has 0 saturated carbocycles. The summed E-state index contributed by atoms with van der Waals surface area (Å²) in [5.74, 6) is -0.657. The Morgan fingerprint density at radius 2 is 1.89 bits per heavy atom. The van der Waals surface area contributed by atoms with E-state index in [4.69, 9.17) is 11.6 Å². The molecule has 0 aliphatic carbocycles. The molecule has 0 fully saturated rings. The van der Waals surface area contributed by atoms with Crippen LogP contribution in [0.2, 0.25) is 5.02 Å². The minimum atomic E-state index is -0.498. The van der Waals surface area contributed by atoms with Gasteiger partial charge in [0.25, 0.3) is 0 Å². The zero-order valence-electron chi connectivity index (χ0n) is 9.05. The molecule has 0 aliphatic heterocycles. The first kappa shape index (κ1) is 11.2. The van der Waals surface area contributed by atoms with Crippen molar-refractivity contribution >= 4 is 22.6 Å². The number of aromatic amines is 1. The highest BCUT2D eigenvalue weighted by atomic mass is 35.5. The number of halogens is 3. The van der Waals surface area contributed by atoms with E-state index in [1.165, 1.54) is 18.2 Å². The first-order valence-electron chi connectivity index (χ1n) is 5.25. The Balaban J connectivity index is 2.23. The Kier molecular flexibility index (Phi) is 2.52. The number of hydrogen-bond donors (Lipinski definition) is 1. The minimum absolute atomic E-state index is 0.196. The molecule has 2 aromatic carbocycles. The Morgan fingerprint density at radius 1 is 1.06 bits per heavy atom. The van der Waals surface area contributed by atoms with Gasteiger partial charge in [-0.3, -0.25) is 0 Å². The highest BCUT2D eigenvalue weighted by Gasteiger charge is 2.12. The fourth-order valence-electron chi connectivity index (χ4n) is 1.81. The third-order valence-electron chi connectivity index (χ3n) is 2.65. The highest BCUT2D eigenvalue weighted by Crippen LogP contribution is 2.26. The van der Waals surface area contributed by atoms with E-state index in [-0.39, 0.29) is 16.9 Å². The maximum absolute atomic E-state index is 13.7. The average molecular weight is 265 g/mol. The topological polar surface area (TPSA) is 28.7 Å². The van der Waals surface area contributed by atoms with Crippen LogP contribution < -0.4 is 0 Å². The SMILES string of the molecule is Fc1cc(Cl)ccc1-c1nc2c(F)cccc2[nH]1. The van der Waals surface area contributed by atoms with Gasteiger partial charge in [-0.25, -0.2) is 13.8 Å². The third kappa shape index (κ3) is 1.75. The van der Waals surface area contributed by atoms with Crippen LogP contribution in [0.3, 0.4) is 0 Å². The van der Waals surface area contributed by atoms with Crippen molar-refractivity contribution in [3.63, 3.8) is 0 Å². The number of aromatic nitrogens is 2. The van der Waals surface area contributed by atoms with E-state index in [2.05, 4.69) is 9.97 Å². The molecule has 0 amide bonds. The predicted octanol–water partition coefficient (Wildman–Crippen LogP) is 4.16. The molecule has 1 aromatic heterocycles. The Morgan fingerprint density at radius 3 is 2.61 bits per heavy atom. The first-order valence-corrected chi connectivity index (χ1v) is 5.62. The van der Waals surface area contributed by atoms with E-state index < -0.39 is 11.6 Å². The van der Waals surface area contributed by atoms with Gasteiger partial charge in [-0.2, -0.15) is 0 Å². The zero-order valence-corrected chi connectivity index (χ0v) is 9.80. The van der Waals surface area contributed by atoms with Gasteiger partial charge in [-0.05, 0) is 30.3 Å². The van der Waals surface area contributed by atoms with Crippen molar-refractivity contribution < 1.29 is 8.78 Å². The van der Waals surface area contributed by atoms with Crippen molar-refractivity contribution in [2.45, 2.75) is 0 Å².